The van der Waals surface area contributed by atoms with E-state index in [0.29, 0.717) is 5.76 Å². The Morgan fingerprint density at radius 3 is 2.19 bits per heavy atom. The van der Waals surface area contributed by atoms with Gasteiger partial charge < -0.3 is 23.9 Å². The predicted octanol–water partition coefficient (Wildman–Crippen LogP) is 3.83. The molecule has 8 heteroatoms. The fourth-order valence-electron chi connectivity index (χ4n) is 2.57. The molecule has 0 unspecified atom stereocenters. The summed E-state index contributed by atoms with van der Waals surface area (Å²) in [6.07, 6.45) is 1.41. The van der Waals surface area contributed by atoms with Crippen molar-refractivity contribution in [2.75, 3.05) is 6.54 Å². The Morgan fingerprint density at radius 1 is 1.19 bits per heavy atom. The molecule has 0 aromatic carbocycles. The van der Waals surface area contributed by atoms with E-state index in [9.17, 15) is 4.79 Å². The fourth-order valence-corrected chi connectivity index (χ4v) is 2.57. The standard InChI is InChI=1S/C19H31BN2O5/c1-12-15(13(2)25-22-12)10-14(11-21-16(23)24-17(3,4)5)20-26-18(6,7)19(8,9)27-20/h10H,11H2,1-9H3,(H,21,23). The minimum Gasteiger partial charge on any atom is -0.444 e. The van der Waals surface area contributed by atoms with Crippen molar-refractivity contribution in [2.45, 2.75) is 79.1 Å². The Morgan fingerprint density at radius 2 is 1.74 bits per heavy atom. The summed E-state index contributed by atoms with van der Waals surface area (Å²) in [5.74, 6) is 0.693. The molecule has 1 fully saturated rings. The smallest absolute Gasteiger partial charge is 0.444 e. The lowest BCUT2D eigenvalue weighted by atomic mass is 9.77. The van der Waals surface area contributed by atoms with Gasteiger partial charge in [0.05, 0.1) is 16.9 Å². The van der Waals surface area contributed by atoms with Crippen LogP contribution >= 0.6 is 0 Å². The topological polar surface area (TPSA) is 82.8 Å². The number of carbonyl (C=O) groups is 1. The van der Waals surface area contributed by atoms with Crippen LogP contribution in [0.5, 0.6) is 0 Å². The SMILES string of the molecule is Cc1noc(C)c1C=C(CNC(=O)OC(C)(C)C)B1OC(C)(C)C(C)(C)O1. The number of amides is 1. The highest BCUT2D eigenvalue weighted by atomic mass is 16.7. The van der Waals surface area contributed by atoms with Crippen molar-refractivity contribution in [3.63, 3.8) is 0 Å². The van der Waals surface area contributed by atoms with Gasteiger partial charge >= 0.3 is 13.2 Å². The molecule has 0 aliphatic carbocycles. The molecule has 1 N–H and O–H groups in total. The maximum Gasteiger partial charge on any atom is 0.492 e. The molecular formula is C19H31BN2O5. The van der Waals surface area contributed by atoms with Gasteiger partial charge in [-0.15, -0.1) is 0 Å². The van der Waals surface area contributed by atoms with Gasteiger partial charge in [0.1, 0.15) is 11.4 Å². The number of nitrogens with one attached hydrogen (secondary N) is 1. The highest BCUT2D eigenvalue weighted by Gasteiger charge is 2.52. The molecule has 150 valence electrons. The summed E-state index contributed by atoms with van der Waals surface area (Å²) in [6.45, 7) is 17.3. The van der Waals surface area contributed by atoms with Crippen LogP contribution in [-0.4, -0.2) is 41.7 Å². The molecule has 0 radical (unpaired) electrons. The van der Waals surface area contributed by atoms with Crippen LogP contribution in [0.3, 0.4) is 0 Å². The largest absolute Gasteiger partial charge is 0.492 e. The summed E-state index contributed by atoms with van der Waals surface area (Å²) in [4.78, 5) is 12.1. The van der Waals surface area contributed by atoms with Gasteiger partial charge in [-0.3, -0.25) is 0 Å². The molecule has 1 aliphatic heterocycles. The van der Waals surface area contributed by atoms with Crippen molar-refractivity contribution in [3.8, 4) is 0 Å². The second kappa shape index (κ2) is 7.32. The third-order valence-corrected chi connectivity index (χ3v) is 4.81. The van der Waals surface area contributed by atoms with Gasteiger partial charge in [0.15, 0.2) is 0 Å². The highest BCUT2D eigenvalue weighted by molar-refractivity contribution is 6.56. The summed E-state index contributed by atoms with van der Waals surface area (Å²) in [5, 5.41) is 6.77. The van der Waals surface area contributed by atoms with E-state index in [1.807, 2.05) is 68.4 Å². The Kier molecular flexibility index (Phi) is 5.83. The number of nitrogens with zero attached hydrogens (tertiary/aromatic N) is 1. The van der Waals surface area contributed by atoms with E-state index in [0.717, 1.165) is 16.7 Å². The molecule has 1 aliphatic rings. The van der Waals surface area contributed by atoms with E-state index in [4.69, 9.17) is 18.6 Å². The minimum absolute atomic E-state index is 0.218. The van der Waals surface area contributed by atoms with Gasteiger partial charge in [-0.05, 0) is 67.8 Å². The van der Waals surface area contributed by atoms with Crippen LogP contribution < -0.4 is 5.32 Å². The third-order valence-electron chi connectivity index (χ3n) is 4.81. The van der Waals surface area contributed by atoms with E-state index >= 15 is 0 Å². The zero-order valence-electron chi connectivity index (χ0n) is 17.9. The van der Waals surface area contributed by atoms with Crippen LogP contribution in [0.1, 0.15) is 65.5 Å². The van der Waals surface area contributed by atoms with Gasteiger partial charge in [0, 0.05) is 12.1 Å². The van der Waals surface area contributed by atoms with E-state index in [2.05, 4.69) is 10.5 Å². The molecule has 1 amide bonds. The lowest BCUT2D eigenvalue weighted by molar-refractivity contribution is 0.00578. The molecule has 7 nitrogen and oxygen atoms in total. The molecular weight excluding hydrogens is 347 g/mol. The van der Waals surface area contributed by atoms with Crippen molar-refractivity contribution in [3.05, 3.63) is 22.5 Å². The average Bonchev–Trinajstić information content (AvgIpc) is 2.90. The van der Waals surface area contributed by atoms with E-state index < -0.39 is 30.0 Å². The number of rotatable bonds is 4. The third kappa shape index (κ3) is 5.14. The van der Waals surface area contributed by atoms with Gasteiger partial charge in [-0.25, -0.2) is 4.79 Å². The van der Waals surface area contributed by atoms with Crippen molar-refractivity contribution < 1.29 is 23.4 Å². The minimum atomic E-state index is -0.598. The predicted molar refractivity (Wildman–Crippen MR) is 104 cm³/mol. The summed E-state index contributed by atoms with van der Waals surface area (Å²) in [5.41, 5.74) is 0.835. The van der Waals surface area contributed by atoms with Crippen molar-refractivity contribution in [2.24, 2.45) is 0 Å². The number of aryl methyl sites for hydroxylation is 2. The van der Waals surface area contributed by atoms with E-state index in [-0.39, 0.29) is 6.54 Å². The van der Waals surface area contributed by atoms with Gasteiger partial charge in [-0.2, -0.15) is 0 Å². The van der Waals surface area contributed by atoms with Crippen LogP contribution in [0.4, 0.5) is 4.79 Å². The van der Waals surface area contributed by atoms with Crippen LogP contribution in [0.2, 0.25) is 0 Å². The first-order chi connectivity index (χ1) is 12.2. The highest BCUT2D eigenvalue weighted by Crippen LogP contribution is 2.39. The summed E-state index contributed by atoms with van der Waals surface area (Å²) in [7, 11) is -0.598. The molecule has 0 spiro atoms. The van der Waals surface area contributed by atoms with Crippen LogP contribution in [0, 0.1) is 13.8 Å². The lowest BCUT2D eigenvalue weighted by Gasteiger charge is -2.32. The molecule has 0 bridgehead atoms. The van der Waals surface area contributed by atoms with Crippen molar-refractivity contribution in [1.82, 2.24) is 10.5 Å². The molecule has 0 saturated carbocycles. The van der Waals surface area contributed by atoms with Crippen molar-refractivity contribution >= 4 is 19.3 Å². The number of aromatic nitrogens is 1. The van der Waals surface area contributed by atoms with Crippen LogP contribution in [-0.2, 0) is 14.0 Å². The zero-order valence-corrected chi connectivity index (χ0v) is 17.9. The average molecular weight is 378 g/mol. The first kappa shape index (κ1) is 21.5. The van der Waals surface area contributed by atoms with Gasteiger partial charge in [0.2, 0.25) is 0 Å². The summed E-state index contributed by atoms with van der Waals surface area (Å²) < 4.78 is 22.9. The molecule has 2 heterocycles. The van der Waals surface area contributed by atoms with Gasteiger partial charge in [-0.1, -0.05) is 11.2 Å². The first-order valence-electron chi connectivity index (χ1n) is 9.18. The summed E-state index contributed by atoms with van der Waals surface area (Å²) in [6, 6.07) is 0. The maximum atomic E-state index is 12.1. The molecule has 1 saturated heterocycles. The molecule has 2 rings (SSSR count). The monoisotopic (exact) mass is 378 g/mol. The lowest BCUT2D eigenvalue weighted by Crippen LogP contribution is -2.41. The maximum absolute atomic E-state index is 12.1. The van der Waals surface area contributed by atoms with E-state index in [1.165, 1.54) is 0 Å². The molecule has 1 aromatic rings. The normalized spacial score (nSPS) is 19.3. The first-order valence-corrected chi connectivity index (χ1v) is 9.18. The van der Waals surface area contributed by atoms with Gasteiger partial charge in [0.25, 0.3) is 0 Å². The van der Waals surface area contributed by atoms with Crippen LogP contribution in [0.15, 0.2) is 10.00 Å². The fraction of sp³-hybridized carbons (Fsp3) is 0.684. The quantitative estimate of drug-likeness (QED) is 0.802. The number of alkyl carbamates (subject to hydrolysis) is 1. The Bertz CT molecular complexity index is 695. The molecule has 27 heavy (non-hydrogen) atoms. The Balaban J connectivity index is 2.26. The summed E-state index contributed by atoms with van der Waals surface area (Å²) >= 11 is 0. The van der Waals surface area contributed by atoms with Crippen molar-refractivity contribution in [1.29, 1.82) is 0 Å². The molecule has 0 atom stereocenters. The Hall–Kier alpha value is -1.80. The Labute approximate surface area is 161 Å². The zero-order chi connectivity index (χ0) is 20.6. The van der Waals surface area contributed by atoms with Crippen LogP contribution in [0.25, 0.3) is 6.08 Å². The number of ether oxygens (including phenoxy) is 1. The number of carbonyl (C=O) groups excluding carboxylic acids is 1. The number of hydrogen-bond acceptors (Lipinski definition) is 6. The second-order valence-corrected chi connectivity index (χ2v) is 8.90. The number of hydrogen-bond donors (Lipinski definition) is 1. The van der Waals surface area contributed by atoms with E-state index in [1.54, 1.807) is 0 Å². The second-order valence-electron chi connectivity index (χ2n) is 8.90. The molecule has 1 aromatic heterocycles.